The minimum Gasteiger partial charge on any atom is -0.504 e. The Morgan fingerprint density at radius 1 is 1.17 bits per heavy atom. The number of aromatic hydroxyl groups is 1. The van der Waals surface area contributed by atoms with Gasteiger partial charge < -0.3 is 14.6 Å². The van der Waals surface area contributed by atoms with Gasteiger partial charge in [-0.3, -0.25) is 0 Å². The first-order valence-electron chi connectivity index (χ1n) is 6.73. The van der Waals surface area contributed by atoms with E-state index in [4.69, 9.17) is 9.47 Å². The molecule has 0 bridgehead atoms. The summed E-state index contributed by atoms with van der Waals surface area (Å²) in [6, 6.07) is 5.60. The van der Waals surface area contributed by atoms with E-state index in [0.717, 1.165) is 18.4 Å². The van der Waals surface area contributed by atoms with Crippen molar-refractivity contribution in [2.45, 2.75) is 52.7 Å². The molecule has 2 unspecified atom stereocenters. The van der Waals surface area contributed by atoms with Crippen molar-refractivity contribution in [1.82, 2.24) is 0 Å². The summed E-state index contributed by atoms with van der Waals surface area (Å²) < 4.78 is 11.0. The zero-order valence-electron chi connectivity index (χ0n) is 11.8. The van der Waals surface area contributed by atoms with Crippen LogP contribution in [-0.4, -0.2) is 18.0 Å². The normalized spacial score (nSPS) is 14.2. The Labute approximate surface area is 110 Å². The second kappa shape index (κ2) is 7.27. The number of rotatable bonds is 7. The van der Waals surface area contributed by atoms with Crippen molar-refractivity contribution in [2.24, 2.45) is 0 Å². The maximum Gasteiger partial charge on any atom is 0.199 e. The fourth-order valence-electron chi connectivity index (χ4n) is 1.74. The van der Waals surface area contributed by atoms with Crippen LogP contribution in [0.15, 0.2) is 18.2 Å². The Bertz CT molecular complexity index is 363. The molecule has 0 saturated heterocycles. The predicted molar refractivity (Wildman–Crippen MR) is 73.1 cm³/mol. The van der Waals surface area contributed by atoms with E-state index >= 15 is 0 Å². The first-order valence-corrected chi connectivity index (χ1v) is 6.73. The van der Waals surface area contributed by atoms with Crippen LogP contribution in [-0.2, 0) is 4.74 Å². The molecule has 2 atom stereocenters. The van der Waals surface area contributed by atoms with Crippen molar-refractivity contribution < 1.29 is 14.6 Å². The molecule has 1 rings (SSSR count). The Hall–Kier alpha value is -1.22. The van der Waals surface area contributed by atoms with E-state index in [1.54, 1.807) is 6.07 Å². The Morgan fingerprint density at radius 2 is 1.89 bits per heavy atom. The molecule has 0 spiro atoms. The SMILES string of the molecule is CCOC(CC)Oc1ccc(C(C)CC)cc1O. The molecular formula is C15H24O3. The zero-order chi connectivity index (χ0) is 13.5. The van der Waals surface area contributed by atoms with Crippen molar-refractivity contribution in [3.63, 3.8) is 0 Å². The third kappa shape index (κ3) is 3.91. The van der Waals surface area contributed by atoms with Gasteiger partial charge in [-0.05, 0) is 37.0 Å². The van der Waals surface area contributed by atoms with Gasteiger partial charge in [-0.2, -0.15) is 0 Å². The van der Waals surface area contributed by atoms with Crippen LogP contribution in [0.25, 0.3) is 0 Å². The molecule has 3 heteroatoms. The van der Waals surface area contributed by atoms with Crippen molar-refractivity contribution in [3.8, 4) is 11.5 Å². The first kappa shape index (κ1) is 14.8. The summed E-state index contributed by atoms with van der Waals surface area (Å²) in [6.07, 6.45) is 1.51. The third-order valence-electron chi connectivity index (χ3n) is 3.11. The van der Waals surface area contributed by atoms with E-state index in [1.165, 1.54) is 0 Å². The van der Waals surface area contributed by atoms with E-state index < -0.39 is 0 Å². The number of phenols is 1. The number of hydrogen-bond donors (Lipinski definition) is 1. The number of phenolic OH excluding ortho intramolecular Hbond substituents is 1. The summed E-state index contributed by atoms with van der Waals surface area (Å²) >= 11 is 0. The monoisotopic (exact) mass is 252 g/mol. The van der Waals surface area contributed by atoms with Gasteiger partial charge in [0.25, 0.3) is 0 Å². The van der Waals surface area contributed by atoms with E-state index in [0.29, 0.717) is 18.3 Å². The maximum absolute atomic E-state index is 9.97. The van der Waals surface area contributed by atoms with Gasteiger partial charge in [0.15, 0.2) is 17.8 Å². The van der Waals surface area contributed by atoms with Gasteiger partial charge in [-0.15, -0.1) is 0 Å². The number of hydrogen-bond acceptors (Lipinski definition) is 3. The van der Waals surface area contributed by atoms with Gasteiger partial charge in [0, 0.05) is 13.0 Å². The molecule has 3 nitrogen and oxygen atoms in total. The number of ether oxygens (including phenoxy) is 2. The molecule has 0 radical (unpaired) electrons. The lowest BCUT2D eigenvalue weighted by atomic mass is 9.98. The molecule has 102 valence electrons. The Morgan fingerprint density at radius 3 is 2.39 bits per heavy atom. The van der Waals surface area contributed by atoms with Gasteiger partial charge >= 0.3 is 0 Å². The van der Waals surface area contributed by atoms with Gasteiger partial charge in [0.2, 0.25) is 0 Å². The van der Waals surface area contributed by atoms with Crippen molar-refractivity contribution >= 4 is 0 Å². The van der Waals surface area contributed by atoms with Crippen LogP contribution in [0, 0.1) is 0 Å². The molecule has 0 amide bonds. The smallest absolute Gasteiger partial charge is 0.199 e. The van der Waals surface area contributed by atoms with E-state index in [9.17, 15) is 5.11 Å². The molecular weight excluding hydrogens is 228 g/mol. The minimum absolute atomic E-state index is 0.186. The maximum atomic E-state index is 9.97. The van der Waals surface area contributed by atoms with Crippen LogP contribution < -0.4 is 4.74 Å². The number of benzene rings is 1. The topological polar surface area (TPSA) is 38.7 Å². The van der Waals surface area contributed by atoms with Gasteiger partial charge in [-0.1, -0.05) is 26.8 Å². The fourth-order valence-corrected chi connectivity index (χ4v) is 1.74. The lowest BCUT2D eigenvalue weighted by Gasteiger charge is -2.19. The minimum atomic E-state index is -0.296. The van der Waals surface area contributed by atoms with Crippen LogP contribution in [0.2, 0.25) is 0 Å². The van der Waals surface area contributed by atoms with Crippen LogP contribution in [0.1, 0.15) is 52.0 Å². The zero-order valence-corrected chi connectivity index (χ0v) is 11.8. The quantitative estimate of drug-likeness (QED) is 0.744. The Balaban J connectivity index is 2.78. The van der Waals surface area contributed by atoms with Crippen LogP contribution in [0.3, 0.4) is 0 Å². The van der Waals surface area contributed by atoms with Crippen LogP contribution >= 0.6 is 0 Å². The van der Waals surface area contributed by atoms with Crippen molar-refractivity contribution in [1.29, 1.82) is 0 Å². The molecule has 0 fully saturated rings. The molecule has 0 heterocycles. The lowest BCUT2D eigenvalue weighted by molar-refractivity contribution is -0.0776. The standard InChI is InChI=1S/C15H24O3/c1-5-11(4)12-8-9-14(13(16)10-12)18-15(6-2)17-7-3/h8-11,15-16H,5-7H2,1-4H3. The summed E-state index contributed by atoms with van der Waals surface area (Å²) in [4.78, 5) is 0. The first-order chi connectivity index (χ1) is 8.62. The van der Waals surface area contributed by atoms with Gasteiger partial charge in [0.05, 0.1) is 0 Å². The molecule has 0 aliphatic carbocycles. The van der Waals surface area contributed by atoms with Crippen LogP contribution in [0.5, 0.6) is 11.5 Å². The van der Waals surface area contributed by atoms with Crippen molar-refractivity contribution in [3.05, 3.63) is 23.8 Å². The molecule has 0 aliphatic heterocycles. The highest BCUT2D eigenvalue weighted by molar-refractivity contribution is 5.42. The summed E-state index contributed by atoms with van der Waals surface area (Å²) in [6.45, 7) is 8.80. The molecule has 0 aliphatic rings. The second-order valence-corrected chi connectivity index (χ2v) is 4.45. The highest BCUT2D eigenvalue weighted by atomic mass is 16.7. The highest BCUT2D eigenvalue weighted by Gasteiger charge is 2.12. The Kier molecular flexibility index (Phi) is 5.99. The van der Waals surface area contributed by atoms with Crippen LogP contribution in [0.4, 0.5) is 0 Å². The van der Waals surface area contributed by atoms with Gasteiger partial charge in [0.1, 0.15) is 0 Å². The summed E-state index contributed by atoms with van der Waals surface area (Å²) in [5.41, 5.74) is 1.13. The fraction of sp³-hybridized carbons (Fsp3) is 0.600. The molecule has 0 aromatic heterocycles. The molecule has 18 heavy (non-hydrogen) atoms. The van der Waals surface area contributed by atoms with E-state index in [2.05, 4.69) is 13.8 Å². The second-order valence-electron chi connectivity index (χ2n) is 4.45. The largest absolute Gasteiger partial charge is 0.504 e. The highest BCUT2D eigenvalue weighted by Crippen LogP contribution is 2.31. The van der Waals surface area contributed by atoms with E-state index in [1.807, 2.05) is 26.0 Å². The third-order valence-corrected chi connectivity index (χ3v) is 3.11. The van der Waals surface area contributed by atoms with Gasteiger partial charge in [-0.25, -0.2) is 0 Å². The predicted octanol–water partition coefficient (Wildman–Crippen LogP) is 4.06. The summed E-state index contributed by atoms with van der Waals surface area (Å²) in [7, 11) is 0. The molecule has 1 aromatic rings. The van der Waals surface area contributed by atoms with Crippen molar-refractivity contribution in [2.75, 3.05) is 6.61 Å². The van der Waals surface area contributed by atoms with E-state index in [-0.39, 0.29) is 12.0 Å². The summed E-state index contributed by atoms with van der Waals surface area (Å²) in [5.74, 6) is 1.12. The summed E-state index contributed by atoms with van der Waals surface area (Å²) in [5, 5.41) is 9.97. The molecule has 1 N–H and O–H groups in total. The molecule has 1 aromatic carbocycles. The lowest BCUT2D eigenvalue weighted by Crippen LogP contribution is -2.19. The molecule has 0 saturated carbocycles. The average Bonchev–Trinajstić information content (AvgIpc) is 2.39. The average molecular weight is 252 g/mol.